The van der Waals surface area contributed by atoms with Crippen LogP contribution in [0.15, 0.2) is 12.1 Å². The number of anilines is 2. The number of hydrogen-bond acceptors (Lipinski definition) is 5. The number of nitrogens with two attached hydrogens (primary N) is 1. The largest absolute Gasteiger partial charge is 0.378 e. The van der Waals surface area contributed by atoms with Gasteiger partial charge in [-0.05, 0) is 24.8 Å². The lowest BCUT2D eigenvalue weighted by atomic mass is 9.84. The molecule has 0 spiro atoms. The molecule has 1 aromatic heterocycles. The number of pyridine rings is 1. The molecular formula is C13H20N4O2. The summed E-state index contributed by atoms with van der Waals surface area (Å²) in [5, 5.41) is 14.0. The number of hydrogen-bond donors (Lipinski definition) is 2. The van der Waals surface area contributed by atoms with Crippen molar-refractivity contribution in [3.8, 4) is 0 Å². The van der Waals surface area contributed by atoms with Crippen LogP contribution < -0.4 is 11.1 Å². The summed E-state index contributed by atoms with van der Waals surface area (Å²) >= 11 is 0. The van der Waals surface area contributed by atoms with Gasteiger partial charge in [0.2, 0.25) is 5.82 Å². The van der Waals surface area contributed by atoms with Crippen LogP contribution >= 0.6 is 0 Å². The van der Waals surface area contributed by atoms with E-state index in [0.717, 1.165) is 18.8 Å². The summed E-state index contributed by atoms with van der Waals surface area (Å²) in [6.07, 6.45) is 5.97. The van der Waals surface area contributed by atoms with E-state index >= 15 is 0 Å². The fourth-order valence-electron chi connectivity index (χ4n) is 2.70. The normalized spacial score (nSPS) is 23.0. The number of rotatable bonds is 4. The van der Waals surface area contributed by atoms with Crippen molar-refractivity contribution >= 4 is 17.3 Å². The molecule has 1 saturated carbocycles. The second kappa shape index (κ2) is 5.86. The maximum Gasteiger partial charge on any atom is 0.311 e. The highest BCUT2D eigenvalue weighted by molar-refractivity contribution is 5.57. The second-order valence-corrected chi connectivity index (χ2v) is 5.14. The van der Waals surface area contributed by atoms with Gasteiger partial charge in [0, 0.05) is 12.1 Å². The minimum atomic E-state index is -0.514. The van der Waals surface area contributed by atoms with Crippen LogP contribution in [0.3, 0.4) is 0 Å². The van der Waals surface area contributed by atoms with Gasteiger partial charge in [0.25, 0.3) is 0 Å². The van der Waals surface area contributed by atoms with Gasteiger partial charge in [-0.1, -0.05) is 26.2 Å². The molecule has 1 aromatic rings. The molecule has 0 amide bonds. The zero-order chi connectivity index (χ0) is 13.8. The second-order valence-electron chi connectivity index (χ2n) is 5.14. The van der Waals surface area contributed by atoms with Gasteiger partial charge in [0.15, 0.2) is 0 Å². The van der Waals surface area contributed by atoms with Crippen LogP contribution in [0, 0.1) is 16.0 Å². The average Bonchev–Trinajstić information content (AvgIpc) is 2.38. The number of nitrogens with zero attached hydrogens (tertiary/aromatic N) is 2. The Labute approximate surface area is 112 Å². The first-order valence-corrected chi connectivity index (χ1v) is 6.77. The van der Waals surface area contributed by atoms with Crippen molar-refractivity contribution in [1.29, 1.82) is 0 Å². The lowest BCUT2D eigenvalue weighted by molar-refractivity contribution is -0.384. The van der Waals surface area contributed by atoms with Crippen molar-refractivity contribution < 1.29 is 4.92 Å². The van der Waals surface area contributed by atoms with E-state index in [1.54, 1.807) is 6.07 Å². The van der Waals surface area contributed by atoms with Crippen molar-refractivity contribution in [3.63, 3.8) is 0 Å². The van der Waals surface area contributed by atoms with E-state index in [9.17, 15) is 10.1 Å². The number of nitrogen functional groups attached to an aromatic ring is 1. The van der Waals surface area contributed by atoms with Crippen LogP contribution in [0.2, 0.25) is 0 Å². The predicted molar refractivity (Wildman–Crippen MR) is 75.0 cm³/mol. The number of aromatic nitrogens is 1. The van der Waals surface area contributed by atoms with Gasteiger partial charge < -0.3 is 11.1 Å². The van der Waals surface area contributed by atoms with Crippen molar-refractivity contribution in [2.24, 2.45) is 5.92 Å². The van der Waals surface area contributed by atoms with E-state index in [1.165, 1.54) is 25.3 Å². The smallest absolute Gasteiger partial charge is 0.311 e. The highest BCUT2D eigenvalue weighted by atomic mass is 16.6. The Morgan fingerprint density at radius 1 is 1.53 bits per heavy atom. The number of nitro groups is 1. The third-order valence-electron chi connectivity index (χ3n) is 3.81. The maximum atomic E-state index is 10.7. The molecule has 0 saturated heterocycles. The quantitative estimate of drug-likeness (QED) is 0.644. The molecule has 2 atom stereocenters. The predicted octanol–water partition coefficient (Wildman–Crippen LogP) is 2.95. The minimum Gasteiger partial charge on any atom is -0.378 e. The van der Waals surface area contributed by atoms with E-state index in [1.807, 2.05) is 0 Å². The highest BCUT2D eigenvalue weighted by Gasteiger charge is 2.21. The maximum absolute atomic E-state index is 10.7. The van der Waals surface area contributed by atoms with Crippen molar-refractivity contribution in [2.45, 2.75) is 45.1 Å². The summed E-state index contributed by atoms with van der Waals surface area (Å²) in [6.45, 7) is 2.22. The monoisotopic (exact) mass is 264 g/mol. The van der Waals surface area contributed by atoms with Crippen LogP contribution in [-0.2, 0) is 0 Å². The fraction of sp³-hybridized carbons (Fsp3) is 0.615. The Bertz CT molecular complexity index is 464. The first-order valence-electron chi connectivity index (χ1n) is 6.77. The Hall–Kier alpha value is -1.85. The lowest BCUT2D eigenvalue weighted by Gasteiger charge is -2.29. The van der Waals surface area contributed by atoms with Gasteiger partial charge in [0.05, 0.1) is 4.92 Å². The van der Waals surface area contributed by atoms with E-state index in [4.69, 9.17) is 5.73 Å². The molecule has 2 unspecified atom stereocenters. The minimum absolute atomic E-state index is 0.0298. The van der Waals surface area contributed by atoms with Gasteiger partial charge in [0.1, 0.15) is 5.82 Å². The van der Waals surface area contributed by atoms with Gasteiger partial charge >= 0.3 is 5.69 Å². The topological polar surface area (TPSA) is 94.1 Å². The van der Waals surface area contributed by atoms with Crippen molar-refractivity contribution in [2.75, 3.05) is 11.1 Å². The highest BCUT2D eigenvalue weighted by Crippen LogP contribution is 2.29. The molecule has 3 N–H and O–H groups in total. The summed E-state index contributed by atoms with van der Waals surface area (Å²) < 4.78 is 0. The SMILES string of the molecule is CCC1CCCC(Nc2ccc([N+](=O)[O-])c(N)n2)C1. The van der Waals surface area contributed by atoms with E-state index in [2.05, 4.69) is 17.2 Å². The van der Waals surface area contributed by atoms with E-state index in [-0.39, 0.29) is 11.5 Å². The van der Waals surface area contributed by atoms with Gasteiger partial charge in [-0.15, -0.1) is 0 Å². The molecule has 104 valence electrons. The summed E-state index contributed by atoms with van der Waals surface area (Å²) in [4.78, 5) is 14.2. The zero-order valence-corrected chi connectivity index (χ0v) is 11.1. The third-order valence-corrected chi connectivity index (χ3v) is 3.81. The first kappa shape index (κ1) is 13.6. The molecule has 1 aliphatic rings. The molecule has 0 aromatic carbocycles. The Morgan fingerprint density at radius 3 is 2.95 bits per heavy atom. The lowest BCUT2D eigenvalue weighted by Crippen LogP contribution is -2.27. The van der Waals surface area contributed by atoms with Crippen LogP contribution in [0.25, 0.3) is 0 Å². The first-order chi connectivity index (χ1) is 9.10. The molecule has 0 aliphatic heterocycles. The standard InChI is InChI=1S/C13H20N4O2/c1-2-9-4-3-5-10(8-9)15-12-7-6-11(17(18)19)13(14)16-12/h6-7,9-10H,2-5,8H2,1H3,(H3,14,15,16). The summed E-state index contributed by atoms with van der Waals surface area (Å²) in [5.74, 6) is 1.37. The fourth-order valence-corrected chi connectivity index (χ4v) is 2.70. The van der Waals surface area contributed by atoms with Crippen molar-refractivity contribution in [3.05, 3.63) is 22.2 Å². The molecule has 0 radical (unpaired) electrons. The van der Waals surface area contributed by atoms with E-state index in [0.29, 0.717) is 11.9 Å². The number of nitrogens with one attached hydrogen (secondary N) is 1. The third kappa shape index (κ3) is 3.33. The van der Waals surface area contributed by atoms with E-state index < -0.39 is 4.92 Å². The summed E-state index contributed by atoms with van der Waals surface area (Å²) in [5.41, 5.74) is 5.45. The molecule has 0 bridgehead atoms. The van der Waals surface area contributed by atoms with Crippen LogP contribution in [0.1, 0.15) is 39.0 Å². The molecule has 1 fully saturated rings. The molecule has 1 aliphatic carbocycles. The summed E-state index contributed by atoms with van der Waals surface area (Å²) in [7, 11) is 0. The van der Waals surface area contributed by atoms with Gasteiger partial charge in [-0.2, -0.15) is 0 Å². The Balaban J connectivity index is 2.03. The average molecular weight is 264 g/mol. The van der Waals surface area contributed by atoms with Crippen LogP contribution in [0.5, 0.6) is 0 Å². The van der Waals surface area contributed by atoms with Crippen molar-refractivity contribution in [1.82, 2.24) is 4.98 Å². The molecule has 19 heavy (non-hydrogen) atoms. The van der Waals surface area contributed by atoms with Gasteiger partial charge in [-0.3, -0.25) is 10.1 Å². The van der Waals surface area contributed by atoms with Crippen LogP contribution in [-0.4, -0.2) is 15.9 Å². The molecule has 6 heteroatoms. The molecule has 6 nitrogen and oxygen atoms in total. The molecule has 2 rings (SSSR count). The summed E-state index contributed by atoms with van der Waals surface area (Å²) in [6, 6.07) is 3.43. The molecule has 1 heterocycles. The van der Waals surface area contributed by atoms with Gasteiger partial charge in [-0.25, -0.2) is 4.98 Å². The van der Waals surface area contributed by atoms with Crippen LogP contribution in [0.4, 0.5) is 17.3 Å². The zero-order valence-electron chi connectivity index (χ0n) is 11.1. The Kier molecular flexibility index (Phi) is 4.19. The Morgan fingerprint density at radius 2 is 2.32 bits per heavy atom. The molecular weight excluding hydrogens is 244 g/mol.